The molecular weight excluding hydrogens is 420 g/mol. The van der Waals surface area contributed by atoms with Gasteiger partial charge in [0.05, 0.1) is 12.4 Å². The molecule has 3 rings (SSSR count). The number of aromatic nitrogens is 2. The Kier molecular flexibility index (Phi) is 11.6. The number of ether oxygens (including phenoxy) is 1. The highest BCUT2D eigenvalue weighted by atomic mass is 16.5. The maximum atomic E-state index is 12.0. The van der Waals surface area contributed by atoms with Crippen LogP contribution in [0.25, 0.3) is 11.4 Å². The molecule has 1 aromatic heterocycles. The van der Waals surface area contributed by atoms with Crippen LogP contribution in [0.5, 0.6) is 5.75 Å². The molecule has 1 heterocycles. The molecule has 34 heavy (non-hydrogen) atoms. The van der Waals surface area contributed by atoms with Gasteiger partial charge in [-0.2, -0.15) is 0 Å². The van der Waals surface area contributed by atoms with Crippen molar-refractivity contribution in [1.29, 1.82) is 0 Å². The minimum absolute atomic E-state index is 0.206. The summed E-state index contributed by atoms with van der Waals surface area (Å²) < 4.78 is 5.37. The van der Waals surface area contributed by atoms with Gasteiger partial charge in [0.15, 0.2) is 11.6 Å². The van der Waals surface area contributed by atoms with Crippen LogP contribution in [0.15, 0.2) is 36.7 Å². The van der Waals surface area contributed by atoms with Crippen LogP contribution in [0.4, 0.5) is 0 Å². The van der Waals surface area contributed by atoms with E-state index in [1.807, 2.05) is 0 Å². The van der Waals surface area contributed by atoms with Gasteiger partial charge in [0.25, 0.3) is 0 Å². The number of carbonyl (C=O) groups excluding carboxylic acids is 1. The smallest absolute Gasteiger partial charge is 0.311 e. The van der Waals surface area contributed by atoms with E-state index in [4.69, 9.17) is 4.74 Å². The van der Waals surface area contributed by atoms with Crippen molar-refractivity contribution in [3.63, 3.8) is 0 Å². The van der Waals surface area contributed by atoms with Gasteiger partial charge >= 0.3 is 5.97 Å². The second-order valence-corrected chi connectivity index (χ2v) is 10.1. The lowest BCUT2D eigenvalue weighted by Crippen LogP contribution is -2.13. The monoisotopic (exact) mass is 464 g/mol. The Balaban J connectivity index is 1.42. The molecule has 0 saturated heterocycles. The average molecular weight is 465 g/mol. The van der Waals surface area contributed by atoms with Crippen LogP contribution in [0, 0.1) is 5.92 Å². The van der Waals surface area contributed by atoms with Gasteiger partial charge in [0, 0.05) is 12.0 Å². The fourth-order valence-corrected chi connectivity index (χ4v) is 5.12. The lowest BCUT2D eigenvalue weighted by Gasteiger charge is -2.29. The number of esters is 1. The molecule has 0 bridgehead atoms. The first-order valence-corrected chi connectivity index (χ1v) is 13.8. The molecule has 186 valence electrons. The predicted octanol–water partition coefficient (Wildman–Crippen LogP) is 8.65. The number of carbonyl (C=O) groups is 1. The van der Waals surface area contributed by atoms with Gasteiger partial charge < -0.3 is 4.74 Å². The molecule has 0 amide bonds. The van der Waals surface area contributed by atoms with Gasteiger partial charge in [0.1, 0.15) is 0 Å². The third kappa shape index (κ3) is 8.85. The number of hydrogen-bond acceptors (Lipinski definition) is 4. The van der Waals surface area contributed by atoms with Crippen LogP contribution in [0.1, 0.15) is 122 Å². The summed E-state index contributed by atoms with van der Waals surface area (Å²) in [6, 6.07) is 8.76. The van der Waals surface area contributed by atoms with E-state index in [1.165, 1.54) is 69.8 Å². The third-order valence-corrected chi connectivity index (χ3v) is 7.30. The summed E-state index contributed by atoms with van der Waals surface area (Å²) in [7, 11) is 0. The van der Waals surface area contributed by atoms with Gasteiger partial charge in [-0.25, -0.2) is 9.97 Å². The highest BCUT2D eigenvalue weighted by Gasteiger charge is 2.22. The summed E-state index contributed by atoms with van der Waals surface area (Å²) in [5, 5.41) is 0. The Hall–Kier alpha value is -2.23. The zero-order chi connectivity index (χ0) is 24.0. The molecule has 1 aromatic carbocycles. The van der Waals surface area contributed by atoms with Crippen LogP contribution in [0.2, 0.25) is 0 Å². The number of hydrogen-bond donors (Lipinski definition) is 0. The van der Waals surface area contributed by atoms with E-state index in [0.29, 0.717) is 23.9 Å². The second kappa shape index (κ2) is 14.9. The van der Waals surface area contributed by atoms with Crippen molar-refractivity contribution in [3.05, 3.63) is 42.2 Å². The van der Waals surface area contributed by atoms with E-state index < -0.39 is 0 Å². The first-order valence-electron chi connectivity index (χ1n) is 13.8. The molecule has 1 aliphatic carbocycles. The molecule has 1 fully saturated rings. The highest BCUT2D eigenvalue weighted by Crippen LogP contribution is 2.38. The van der Waals surface area contributed by atoms with E-state index in [2.05, 4.69) is 48.1 Å². The Morgan fingerprint density at radius 3 is 2.09 bits per heavy atom. The molecular formula is C30H44N2O2. The zero-order valence-corrected chi connectivity index (χ0v) is 21.4. The molecule has 0 atom stereocenters. The van der Waals surface area contributed by atoms with Gasteiger partial charge in [-0.1, -0.05) is 95.9 Å². The molecule has 4 nitrogen and oxygen atoms in total. The van der Waals surface area contributed by atoms with Crippen LogP contribution in [0.3, 0.4) is 0 Å². The van der Waals surface area contributed by atoms with Crippen LogP contribution >= 0.6 is 0 Å². The quantitative estimate of drug-likeness (QED) is 0.207. The van der Waals surface area contributed by atoms with Gasteiger partial charge in [-0.05, 0) is 49.5 Å². The minimum atomic E-state index is -0.206. The molecule has 0 spiro atoms. The minimum Gasteiger partial charge on any atom is -0.423 e. The molecule has 0 N–H and O–H groups in total. The summed E-state index contributed by atoms with van der Waals surface area (Å²) in [6.07, 6.45) is 21.7. The predicted molar refractivity (Wildman–Crippen MR) is 140 cm³/mol. The summed E-state index contributed by atoms with van der Waals surface area (Å²) in [4.78, 5) is 20.8. The van der Waals surface area contributed by atoms with Crippen LogP contribution < -0.4 is 4.74 Å². The number of unbranched alkanes of at least 4 members (excludes halogenated alkanes) is 7. The van der Waals surface area contributed by atoms with Crippen molar-refractivity contribution in [1.82, 2.24) is 9.97 Å². The van der Waals surface area contributed by atoms with Crippen molar-refractivity contribution in [2.75, 3.05) is 0 Å². The molecule has 1 saturated carbocycles. The molecule has 0 aliphatic heterocycles. The Labute approximate surface area is 206 Å². The highest BCUT2D eigenvalue weighted by molar-refractivity contribution is 5.72. The molecule has 0 radical (unpaired) electrons. The van der Waals surface area contributed by atoms with Crippen molar-refractivity contribution in [2.24, 2.45) is 5.92 Å². The van der Waals surface area contributed by atoms with Gasteiger partial charge in [-0.3, -0.25) is 4.79 Å². The van der Waals surface area contributed by atoms with E-state index >= 15 is 0 Å². The van der Waals surface area contributed by atoms with E-state index in [1.54, 1.807) is 12.4 Å². The van der Waals surface area contributed by atoms with E-state index in [9.17, 15) is 4.79 Å². The third-order valence-electron chi connectivity index (χ3n) is 7.30. The molecule has 1 aliphatic rings. The Morgan fingerprint density at radius 2 is 1.44 bits per heavy atom. The fraction of sp³-hybridized carbons (Fsp3) is 0.633. The molecule has 0 unspecified atom stereocenters. The van der Waals surface area contributed by atoms with Crippen LogP contribution in [-0.2, 0) is 4.79 Å². The van der Waals surface area contributed by atoms with Gasteiger partial charge in [-0.15, -0.1) is 0 Å². The van der Waals surface area contributed by atoms with E-state index in [0.717, 1.165) is 37.2 Å². The van der Waals surface area contributed by atoms with Crippen molar-refractivity contribution in [2.45, 2.75) is 116 Å². The van der Waals surface area contributed by atoms with Gasteiger partial charge in [0.2, 0.25) is 0 Å². The summed E-state index contributed by atoms with van der Waals surface area (Å²) in [5.41, 5.74) is 2.45. The average Bonchev–Trinajstić information content (AvgIpc) is 2.87. The Bertz CT molecular complexity index is 824. The molecule has 4 heteroatoms. The summed E-state index contributed by atoms with van der Waals surface area (Å²) in [5.74, 6) is 2.51. The first kappa shape index (κ1) is 26.4. The Morgan fingerprint density at radius 1 is 0.824 bits per heavy atom. The lowest BCUT2D eigenvalue weighted by molar-refractivity contribution is -0.134. The number of nitrogens with zero attached hydrogens (tertiary/aromatic N) is 2. The number of benzene rings is 1. The maximum Gasteiger partial charge on any atom is 0.311 e. The fourth-order valence-electron chi connectivity index (χ4n) is 5.12. The number of rotatable bonds is 14. The van der Waals surface area contributed by atoms with Crippen molar-refractivity contribution in [3.8, 4) is 17.1 Å². The van der Waals surface area contributed by atoms with Crippen LogP contribution in [-0.4, -0.2) is 15.9 Å². The zero-order valence-electron chi connectivity index (χ0n) is 21.4. The van der Waals surface area contributed by atoms with E-state index in [-0.39, 0.29) is 5.97 Å². The standard InChI is InChI=1S/C30H44N2O2/c1-3-5-7-9-10-12-24-14-16-25(17-15-24)26-18-20-27(21-19-26)30-31-22-28(23-32-30)34-29(33)13-11-8-6-4-2/h18-25H,3-17H2,1-2H3. The lowest BCUT2D eigenvalue weighted by atomic mass is 9.77. The molecule has 2 aromatic rings. The second-order valence-electron chi connectivity index (χ2n) is 10.1. The van der Waals surface area contributed by atoms with Crippen molar-refractivity contribution >= 4 is 5.97 Å². The SMILES string of the molecule is CCCCCCCC1CCC(c2ccc(-c3ncc(OC(=O)CCCCCC)cn3)cc2)CC1. The summed E-state index contributed by atoms with van der Waals surface area (Å²) >= 11 is 0. The maximum absolute atomic E-state index is 12.0. The van der Waals surface area contributed by atoms with Crippen molar-refractivity contribution < 1.29 is 9.53 Å². The topological polar surface area (TPSA) is 52.1 Å². The summed E-state index contributed by atoms with van der Waals surface area (Å²) in [6.45, 7) is 4.44. The first-order chi connectivity index (χ1) is 16.7. The normalized spacial score (nSPS) is 18.1. The largest absolute Gasteiger partial charge is 0.423 e.